The van der Waals surface area contributed by atoms with Gasteiger partial charge in [0.05, 0.1) is 12.6 Å². The monoisotopic (exact) mass is 277 g/mol. The molecule has 4 N–H and O–H groups in total. The van der Waals surface area contributed by atoms with Crippen molar-refractivity contribution in [2.75, 3.05) is 6.61 Å². The second-order valence-corrected chi connectivity index (χ2v) is 4.77. The Hall–Kier alpha value is -2.24. The predicted octanol–water partition coefficient (Wildman–Crippen LogP) is 1.34. The summed E-state index contributed by atoms with van der Waals surface area (Å²) in [4.78, 5) is 12.1. The molecule has 0 radical (unpaired) electrons. The summed E-state index contributed by atoms with van der Waals surface area (Å²) in [6, 6.07) is 6.47. The number of rotatable bonds is 6. The van der Waals surface area contributed by atoms with E-state index in [1.165, 1.54) is 0 Å². The number of amides is 1. The van der Waals surface area contributed by atoms with E-state index >= 15 is 0 Å². The zero-order valence-electron chi connectivity index (χ0n) is 11.4. The van der Waals surface area contributed by atoms with Crippen LogP contribution in [0.1, 0.15) is 30.1 Å². The molecular formula is C14H19N3O3. The molecule has 1 aromatic rings. The second kappa shape index (κ2) is 6.27. The van der Waals surface area contributed by atoms with Crippen LogP contribution >= 0.6 is 0 Å². The molecular weight excluding hydrogens is 258 g/mol. The van der Waals surface area contributed by atoms with E-state index in [2.05, 4.69) is 10.5 Å². The average Bonchev–Trinajstić information content (AvgIpc) is 3.29. The normalized spacial score (nSPS) is 16.6. The van der Waals surface area contributed by atoms with E-state index in [-0.39, 0.29) is 17.7 Å². The third-order valence-electron chi connectivity index (χ3n) is 3.24. The van der Waals surface area contributed by atoms with Gasteiger partial charge in [-0.2, -0.15) is 0 Å². The lowest BCUT2D eigenvalue weighted by Crippen LogP contribution is -2.46. The Morgan fingerprint density at radius 1 is 1.50 bits per heavy atom. The van der Waals surface area contributed by atoms with E-state index < -0.39 is 6.04 Å². The van der Waals surface area contributed by atoms with Crippen LogP contribution in [0.3, 0.4) is 0 Å². The summed E-state index contributed by atoms with van der Waals surface area (Å²) in [5.41, 5.74) is 6.13. The van der Waals surface area contributed by atoms with Gasteiger partial charge in [0, 0.05) is 5.56 Å². The fourth-order valence-electron chi connectivity index (χ4n) is 2.02. The Kier molecular flexibility index (Phi) is 4.45. The molecule has 1 atom stereocenters. The lowest BCUT2D eigenvalue weighted by atomic mass is 10.1. The highest BCUT2D eigenvalue weighted by atomic mass is 16.5. The topological polar surface area (TPSA) is 96.9 Å². The van der Waals surface area contributed by atoms with Crippen LogP contribution in [-0.4, -0.2) is 29.6 Å². The smallest absolute Gasteiger partial charge is 0.251 e. The number of carbonyl (C=O) groups excluding carboxylic acids is 1. The van der Waals surface area contributed by atoms with Crippen molar-refractivity contribution in [1.82, 2.24) is 5.32 Å². The number of benzene rings is 1. The number of carbonyl (C=O) groups is 1. The number of hydrogen-bond donors (Lipinski definition) is 3. The van der Waals surface area contributed by atoms with Crippen molar-refractivity contribution >= 4 is 11.7 Å². The number of nitrogens with one attached hydrogen (secondary N) is 1. The molecule has 1 aliphatic carbocycles. The van der Waals surface area contributed by atoms with E-state index in [9.17, 15) is 4.79 Å². The molecule has 20 heavy (non-hydrogen) atoms. The molecule has 1 amide bonds. The number of ether oxygens (including phenoxy) is 1. The molecule has 1 fully saturated rings. The number of amidine groups is 1. The Balaban J connectivity index is 2.02. The Morgan fingerprint density at radius 3 is 2.65 bits per heavy atom. The molecule has 6 heteroatoms. The first-order valence-corrected chi connectivity index (χ1v) is 6.66. The van der Waals surface area contributed by atoms with E-state index in [0.29, 0.717) is 12.2 Å². The molecule has 0 spiro atoms. The highest BCUT2D eigenvalue weighted by Crippen LogP contribution is 2.32. The maximum Gasteiger partial charge on any atom is 0.251 e. The summed E-state index contributed by atoms with van der Waals surface area (Å²) >= 11 is 0. The van der Waals surface area contributed by atoms with Gasteiger partial charge in [-0.3, -0.25) is 4.79 Å². The van der Waals surface area contributed by atoms with E-state index in [4.69, 9.17) is 15.7 Å². The molecule has 6 nitrogen and oxygen atoms in total. The highest BCUT2D eigenvalue weighted by molar-refractivity contribution is 5.98. The Labute approximate surface area is 117 Å². The number of nitrogens with zero attached hydrogens (tertiary/aromatic N) is 1. The lowest BCUT2D eigenvalue weighted by Gasteiger charge is -2.16. The van der Waals surface area contributed by atoms with Crippen LogP contribution in [0.4, 0.5) is 0 Å². The maximum atomic E-state index is 12.1. The van der Waals surface area contributed by atoms with Gasteiger partial charge >= 0.3 is 0 Å². The Bertz CT molecular complexity index is 495. The molecule has 1 aliphatic rings. The zero-order chi connectivity index (χ0) is 14.5. The van der Waals surface area contributed by atoms with Crippen LogP contribution in [0.5, 0.6) is 5.75 Å². The maximum absolute atomic E-state index is 12.1. The van der Waals surface area contributed by atoms with Crippen LogP contribution < -0.4 is 15.8 Å². The van der Waals surface area contributed by atoms with Crippen molar-refractivity contribution < 1.29 is 14.7 Å². The van der Waals surface area contributed by atoms with Crippen molar-refractivity contribution in [3.8, 4) is 5.75 Å². The standard InChI is InChI=1S/C14H19N3O3/c1-2-20-11-7-5-10(6-8-11)14(18)16-12(9-3-4-9)13(15)17-19/h5-9,12,19H,2-4H2,1H3,(H2,15,17)(H,16,18). The second-order valence-electron chi connectivity index (χ2n) is 4.77. The number of hydrogen-bond acceptors (Lipinski definition) is 4. The van der Waals surface area contributed by atoms with Crippen molar-refractivity contribution in [2.45, 2.75) is 25.8 Å². The highest BCUT2D eigenvalue weighted by Gasteiger charge is 2.35. The summed E-state index contributed by atoms with van der Waals surface area (Å²) in [5.74, 6) is 0.792. The third-order valence-corrected chi connectivity index (χ3v) is 3.24. The molecule has 1 aromatic carbocycles. The molecule has 0 aromatic heterocycles. The summed E-state index contributed by atoms with van der Waals surface area (Å²) < 4.78 is 5.32. The van der Waals surface area contributed by atoms with Gasteiger partial charge in [-0.1, -0.05) is 5.16 Å². The molecule has 0 aliphatic heterocycles. The van der Waals surface area contributed by atoms with E-state index in [1.807, 2.05) is 6.92 Å². The van der Waals surface area contributed by atoms with Crippen LogP contribution in [0, 0.1) is 5.92 Å². The van der Waals surface area contributed by atoms with Gasteiger partial charge in [-0.25, -0.2) is 0 Å². The molecule has 108 valence electrons. The van der Waals surface area contributed by atoms with Gasteiger partial charge in [0.2, 0.25) is 0 Å². The lowest BCUT2D eigenvalue weighted by molar-refractivity contribution is 0.0943. The summed E-state index contributed by atoms with van der Waals surface area (Å²) in [5, 5.41) is 14.6. The van der Waals surface area contributed by atoms with Gasteiger partial charge in [0.1, 0.15) is 5.75 Å². The van der Waals surface area contributed by atoms with Crippen molar-refractivity contribution in [3.63, 3.8) is 0 Å². The summed E-state index contributed by atoms with van der Waals surface area (Å²) in [7, 11) is 0. The largest absolute Gasteiger partial charge is 0.494 e. The minimum absolute atomic E-state index is 0.0480. The Morgan fingerprint density at radius 2 is 2.15 bits per heavy atom. The van der Waals surface area contributed by atoms with Gasteiger partial charge in [0.25, 0.3) is 5.91 Å². The fourth-order valence-corrected chi connectivity index (χ4v) is 2.02. The van der Waals surface area contributed by atoms with Crippen molar-refractivity contribution in [2.24, 2.45) is 16.8 Å². The fraction of sp³-hybridized carbons (Fsp3) is 0.429. The molecule has 0 heterocycles. The first-order chi connectivity index (χ1) is 9.65. The molecule has 0 bridgehead atoms. The van der Waals surface area contributed by atoms with Crippen molar-refractivity contribution in [3.05, 3.63) is 29.8 Å². The zero-order valence-corrected chi connectivity index (χ0v) is 11.4. The summed E-state index contributed by atoms with van der Waals surface area (Å²) in [6.07, 6.45) is 1.95. The van der Waals surface area contributed by atoms with Crippen LogP contribution in [0.25, 0.3) is 0 Å². The van der Waals surface area contributed by atoms with Gasteiger partial charge in [-0.05, 0) is 49.9 Å². The first kappa shape index (κ1) is 14.2. The number of oxime groups is 1. The summed E-state index contributed by atoms with van der Waals surface area (Å²) in [6.45, 7) is 2.48. The molecule has 0 saturated heterocycles. The first-order valence-electron chi connectivity index (χ1n) is 6.66. The van der Waals surface area contributed by atoms with E-state index in [1.54, 1.807) is 24.3 Å². The van der Waals surface area contributed by atoms with Crippen molar-refractivity contribution in [1.29, 1.82) is 0 Å². The van der Waals surface area contributed by atoms with Gasteiger partial charge in [-0.15, -0.1) is 0 Å². The average molecular weight is 277 g/mol. The van der Waals surface area contributed by atoms with Crippen LogP contribution in [0.2, 0.25) is 0 Å². The predicted molar refractivity (Wildman–Crippen MR) is 75.0 cm³/mol. The minimum Gasteiger partial charge on any atom is -0.494 e. The van der Waals surface area contributed by atoms with Crippen LogP contribution in [0.15, 0.2) is 29.4 Å². The van der Waals surface area contributed by atoms with Crippen LogP contribution in [-0.2, 0) is 0 Å². The minimum atomic E-state index is -0.404. The SMILES string of the molecule is CCOc1ccc(C(=O)NC(C(N)=NO)C2CC2)cc1. The van der Waals surface area contributed by atoms with Gasteiger partial charge in [0.15, 0.2) is 5.84 Å². The number of nitrogens with two attached hydrogens (primary N) is 1. The third kappa shape index (κ3) is 3.40. The quantitative estimate of drug-likeness (QED) is 0.316. The molecule has 1 saturated carbocycles. The molecule has 1 unspecified atom stereocenters. The van der Waals surface area contributed by atoms with E-state index in [0.717, 1.165) is 18.6 Å². The molecule has 2 rings (SSSR count). The van der Waals surface area contributed by atoms with Gasteiger partial charge < -0.3 is 21.0 Å².